The van der Waals surface area contributed by atoms with Crippen molar-refractivity contribution in [1.82, 2.24) is 10.3 Å². The van der Waals surface area contributed by atoms with E-state index in [-0.39, 0.29) is 5.78 Å². The molecule has 0 spiro atoms. The van der Waals surface area contributed by atoms with Crippen molar-refractivity contribution in [3.63, 3.8) is 0 Å². The summed E-state index contributed by atoms with van der Waals surface area (Å²) in [7, 11) is 0. The van der Waals surface area contributed by atoms with Gasteiger partial charge in [0.2, 0.25) is 0 Å². The first-order valence-corrected chi connectivity index (χ1v) is 7.45. The minimum absolute atomic E-state index is 0.232. The minimum Gasteiger partial charge on any atom is -0.314 e. The molecule has 2 aromatic rings. The second-order valence-corrected chi connectivity index (χ2v) is 5.48. The normalized spacial score (nSPS) is 19.1. The smallest absolute Gasteiger partial charge is 0.163 e. The molecule has 1 saturated heterocycles. The molecule has 3 heteroatoms. The van der Waals surface area contributed by atoms with Crippen LogP contribution >= 0.6 is 0 Å². The van der Waals surface area contributed by atoms with Crippen molar-refractivity contribution in [1.29, 1.82) is 0 Å². The highest BCUT2D eigenvalue weighted by Crippen LogP contribution is 2.20. The molecule has 1 unspecified atom stereocenters. The predicted molar refractivity (Wildman–Crippen MR) is 80.9 cm³/mol. The fraction of sp³-hybridized carbons (Fsp3) is 0.412. The highest BCUT2D eigenvalue weighted by molar-refractivity contribution is 6.07. The molecule has 104 valence electrons. The molecule has 1 aliphatic rings. The number of carbonyl (C=O) groups is 1. The molecule has 1 aliphatic heterocycles. The Labute approximate surface area is 119 Å². The largest absolute Gasteiger partial charge is 0.314 e. The number of hydrogen-bond donors (Lipinski definition) is 1. The molecule has 1 atom stereocenters. The van der Waals surface area contributed by atoms with Crippen molar-refractivity contribution in [2.45, 2.75) is 38.1 Å². The summed E-state index contributed by atoms with van der Waals surface area (Å²) in [6.07, 6.45) is 7.07. The molecule has 1 aromatic heterocycles. The molecule has 3 nitrogen and oxygen atoms in total. The summed E-state index contributed by atoms with van der Waals surface area (Å²) < 4.78 is 0. The van der Waals surface area contributed by atoms with Gasteiger partial charge in [-0.25, -0.2) is 0 Å². The number of benzene rings is 1. The van der Waals surface area contributed by atoms with E-state index in [9.17, 15) is 4.79 Å². The lowest BCUT2D eigenvalue weighted by Gasteiger charge is -2.23. The number of hydrogen-bond acceptors (Lipinski definition) is 3. The second kappa shape index (κ2) is 6.14. The van der Waals surface area contributed by atoms with E-state index in [1.807, 2.05) is 30.3 Å². The SMILES string of the molecule is O=C(CCC1CCCCN1)c1cccc2ncccc12. The monoisotopic (exact) mass is 268 g/mol. The van der Waals surface area contributed by atoms with Gasteiger partial charge in [0.25, 0.3) is 0 Å². The first-order valence-electron chi connectivity index (χ1n) is 7.45. The summed E-state index contributed by atoms with van der Waals surface area (Å²) in [4.78, 5) is 16.8. The maximum absolute atomic E-state index is 12.4. The first-order chi connectivity index (χ1) is 9.84. The summed E-state index contributed by atoms with van der Waals surface area (Å²) in [5.41, 5.74) is 1.71. The Morgan fingerprint density at radius 1 is 1.25 bits per heavy atom. The number of nitrogens with zero attached hydrogens (tertiary/aromatic N) is 1. The topological polar surface area (TPSA) is 42.0 Å². The van der Waals surface area contributed by atoms with E-state index in [2.05, 4.69) is 10.3 Å². The van der Waals surface area contributed by atoms with Gasteiger partial charge in [0.05, 0.1) is 5.52 Å². The number of fused-ring (bicyclic) bond motifs is 1. The van der Waals surface area contributed by atoms with E-state index >= 15 is 0 Å². The van der Waals surface area contributed by atoms with Crippen molar-refractivity contribution in [3.05, 3.63) is 42.1 Å². The van der Waals surface area contributed by atoms with Gasteiger partial charge in [0.1, 0.15) is 0 Å². The van der Waals surface area contributed by atoms with Crippen LogP contribution in [-0.2, 0) is 0 Å². The lowest BCUT2D eigenvalue weighted by atomic mass is 9.96. The van der Waals surface area contributed by atoms with Crippen molar-refractivity contribution in [2.24, 2.45) is 0 Å². The summed E-state index contributed by atoms with van der Waals surface area (Å²) in [5, 5.41) is 4.47. The van der Waals surface area contributed by atoms with Gasteiger partial charge in [0, 0.05) is 29.6 Å². The summed E-state index contributed by atoms with van der Waals surface area (Å²) in [6.45, 7) is 1.09. The average Bonchev–Trinajstić information content (AvgIpc) is 2.53. The zero-order valence-corrected chi connectivity index (χ0v) is 11.6. The van der Waals surface area contributed by atoms with Gasteiger partial charge in [0.15, 0.2) is 5.78 Å². The van der Waals surface area contributed by atoms with Crippen LogP contribution in [0.25, 0.3) is 10.9 Å². The third-order valence-corrected chi connectivity index (χ3v) is 4.08. The van der Waals surface area contributed by atoms with Crippen LogP contribution in [0.15, 0.2) is 36.5 Å². The number of carbonyl (C=O) groups excluding carboxylic acids is 1. The highest BCUT2D eigenvalue weighted by Gasteiger charge is 2.16. The van der Waals surface area contributed by atoms with E-state index in [0.29, 0.717) is 12.5 Å². The van der Waals surface area contributed by atoms with Crippen LogP contribution in [0, 0.1) is 0 Å². The minimum atomic E-state index is 0.232. The molecule has 0 bridgehead atoms. The van der Waals surface area contributed by atoms with Crippen molar-refractivity contribution >= 4 is 16.7 Å². The van der Waals surface area contributed by atoms with Crippen molar-refractivity contribution in [2.75, 3.05) is 6.54 Å². The Bertz CT molecular complexity index is 597. The third kappa shape index (κ3) is 2.88. The van der Waals surface area contributed by atoms with Gasteiger partial charge in [-0.1, -0.05) is 24.6 Å². The summed E-state index contributed by atoms with van der Waals surface area (Å²) in [5.74, 6) is 0.232. The summed E-state index contributed by atoms with van der Waals surface area (Å²) >= 11 is 0. The fourth-order valence-electron chi connectivity index (χ4n) is 2.96. The molecule has 1 aromatic carbocycles. The van der Waals surface area contributed by atoms with Crippen molar-refractivity contribution in [3.8, 4) is 0 Å². The van der Waals surface area contributed by atoms with Gasteiger partial charge >= 0.3 is 0 Å². The Morgan fingerprint density at radius 2 is 2.20 bits per heavy atom. The molecular formula is C17H20N2O. The molecule has 3 rings (SSSR count). The van der Waals surface area contributed by atoms with E-state index in [4.69, 9.17) is 0 Å². The maximum atomic E-state index is 12.4. The predicted octanol–water partition coefficient (Wildman–Crippen LogP) is 3.34. The van der Waals surface area contributed by atoms with Crippen LogP contribution in [0.5, 0.6) is 0 Å². The van der Waals surface area contributed by atoms with Crippen LogP contribution in [0.3, 0.4) is 0 Å². The fourth-order valence-corrected chi connectivity index (χ4v) is 2.96. The molecular weight excluding hydrogens is 248 g/mol. The molecule has 20 heavy (non-hydrogen) atoms. The standard InChI is InChI=1S/C17H20N2O/c20-17(10-9-13-5-1-2-11-18-13)15-6-3-8-16-14(15)7-4-12-19-16/h3-4,6-8,12-13,18H,1-2,5,9-11H2. The first kappa shape index (κ1) is 13.3. The number of rotatable bonds is 4. The molecule has 0 amide bonds. The molecule has 0 saturated carbocycles. The molecule has 1 N–H and O–H groups in total. The molecule has 1 fully saturated rings. The molecule has 2 heterocycles. The Hall–Kier alpha value is -1.74. The number of ketones is 1. The van der Waals surface area contributed by atoms with Crippen LogP contribution in [0.2, 0.25) is 0 Å². The Kier molecular flexibility index (Phi) is 4.07. The number of piperidine rings is 1. The molecule has 0 radical (unpaired) electrons. The summed E-state index contributed by atoms with van der Waals surface area (Å²) in [6, 6.07) is 10.2. The van der Waals surface area contributed by atoms with E-state index in [0.717, 1.165) is 29.4 Å². The number of Topliss-reactive ketones (excluding diaryl/α,β-unsaturated/α-hetero) is 1. The lowest BCUT2D eigenvalue weighted by Crippen LogP contribution is -2.34. The van der Waals surface area contributed by atoms with Crippen LogP contribution in [0.4, 0.5) is 0 Å². The maximum Gasteiger partial charge on any atom is 0.163 e. The zero-order chi connectivity index (χ0) is 13.8. The van der Waals surface area contributed by atoms with Gasteiger partial charge < -0.3 is 5.32 Å². The third-order valence-electron chi connectivity index (χ3n) is 4.08. The Morgan fingerprint density at radius 3 is 3.05 bits per heavy atom. The van der Waals surface area contributed by atoms with Crippen molar-refractivity contribution < 1.29 is 4.79 Å². The van der Waals surface area contributed by atoms with Gasteiger partial charge in [-0.3, -0.25) is 9.78 Å². The van der Waals surface area contributed by atoms with E-state index in [1.54, 1.807) is 6.20 Å². The Balaban J connectivity index is 1.72. The number of nitrogens with one attached hydrogen (secondary N) is 1. The van der Waals surface area contributed by atoms with E-state index < -0.39 is 0 Å². The van der Waals surface area contributed by atoms with Gasteiger partial charge in [-0.15, -0.1) is 0 Å². The second-order valence-electron chi connectivity index (χ2n) is 5.48. The zero-order valence-electron chi connectivity index (χ0n) is 11.6. The number of pyridine rings is 1. The van der Waals surface area contributed by atoms with Crippen LogP contribution in [-0.4, -0.2) is 23.4 Å². The lowest BCUT2D eigenvalue weighted by molar-refractivity contribution is 0.0976. The quantitative estimate of drug-likeness (QED) is 0.865. The van der Waals surface area contributed by atoms with Crippen LogP contribution < -0.4 is 5.32 Å². The molecule has 0 aliphatic carbocycles. The van der Waals surface area contributed by atoms with E-state index in [1.165, 1.54) is 19.3 Å². The van der Waals surface area contributed by atoms with Crippen LogP contribution in [0.1, 0.15) is 42.5 Å². The van der Waals surface area contributed by atoms with Gasteiger partial charge in [-0.2, -0.15) is 0 Å². The average molecular weight is 268 g/mol. The van der Waals surface area contributed by atoms with Gasteiger partial charge in [-0.05, 0) is 37.9 Å². The highest BCUT2D eigenvalue weighted by atomic mass is 16.1. The number of aromatic nitrogens is 1.